The molecule has 2 N–H and O–H groups in total. The van der Waals surface area contributed by atoms with Crippen molar-refractivity contribution in [1.82, 2.24) is 0 Å². The number of hydrogen-bond acceptors (Lipinski definition) is 1. The van der Waals surface area contributed by atoms with Gasteiger partial charge in [-0.3, -0.25) is 0 Å². The first-order chi connectivity index (χ1) is 6.64. The third-order valence-corrected chi connectivity index (χ3v) is 3.20. The topological polar surface area (TPSA) is 26.0 Å². The predicted molar refractivity (Wildman–Crippen MR) is 56.1 cm³/mol. The number of nitrogens with two attached hydrogens (primary N) is 1. The average molecular weight is 193 g/mol. The highest BCUT2D eigenvalue weighted by molar-refractivity contribution is 5.37. The molecule has 2 heteroatoms. The molecule has 1 atom stereocenters. The third-order valence-electron chi connectivity index (χ3n) is 3.20. The van der Waals surface area contributed by atoms with Crippen LogP contribution in [0.1, 0.15) is 23.1 Å². The zero-order valence-corrected chi connectivity index (χ0v) is 8.52. The van der Waals surface area contributed by atoms with Gasteiger partial charge in [0.1, 0.15) is 5.67 Å². The molecular formula is C12H16FN. The van der Waals surface area contributed by atoms with Crippen molar-refractivity contribution in [2.45, 2.75) is 31.9 Å². The summed E-state index contributed by atoms with van der Waals surface area (Å²) in [7, 11) is 0. The van der Waals surface area contributed by atoms with Gasteiger partial charge in [0.25, 0.3) is 0 Å². The van der Waals surface area contributed by atoms with Crippen LogP contribution in [0.3, 0.4) is 0 Å². The Balaban J connectivity index is 2.36. The zero-order chi connectivity index (χ0) is 10.2. The molecule has 1 nitrogen and oxygen atoms in total. The summed E-state index contributed by atoms with van der Waals surface area (Å²) in [5.74, 6) is 0. The molecule has 1 aromatic carbocycles. The highest BCUT2D eigenvalue weighted by Gasteiger charge is 2.33. The number of rotatable bonds is 1. The Labute approximate surface area is 84.1 Å². The van der Waals surface area contributed by atoms with Crippen LogP contribution in [-0.2, 0) is 12.8 Å². The molecule has 1 aliphatic carbocycles. The second-order valence-electron chi connectivity index (χ2n) is 4.24. The molecule has 1 unspecified atom stereocenters. The fourth-order valence-electron chi connectivity index (χ4n) is 2.24. The minimum Gasteiger partial charge on any atom is -0.328 e. The molecule has 0 heterocycles. The average Bonchev–Trinajstić information content (AvgIpc) is 2.18. The van der Waals surface area contributed by atoms with Crippen LogP contribution in [0, 0.1) is 6.92 Å². The normalized spacial score (nSPS) is 25.9. The maximum Gasteiger partial charge on any atom is 0.127 e. The van der Waals surface area contributed by atoms with Gasteiger partial charge in [0.05, 0.1) is 0 Å². The van der Waals surface area contributed by atoms with E-state index in [0.29, 0.717) is 12.8 Å². The highest BCUT2D eigenvalue weighted by Crippen LogP contribution is 2.32. The number of fused-ring (bicyclic) bond motifs is 1. The summed E-state index contributed by atoms with van der Waals surface area (Å²) in [5, 5.41) is 0. The highest BCUT2D eigenvalue weighted by atomic mass is 19.1. The summed E-state index contributed by atoms with van der Waals surface area (Å²) in [6.07, 6.45) is 1.89. The summed E-state index contributed by atoms with van der Waals surface area (Å²) < 4.78 is 14.0. The fraction of sp³-hybridized carbons (Fsp3) is 0.500. The molecule has 0 fully saturated rings. The van der Waals surface area contributed by atoms with E-state index in [4.69, 9.17) is 5.73 Å². The van der Waals surface area contributed by atoms with E-state index in [1.165, 1.54) is 11.1 Å². The van der Waals surface area contributed by atoms with Crippen molar-refractivity contribution < 1.29 is 4.39 Å². The molecule has 1 aliphatic rings. The van der Waals surface area contributed by atoms with Crippen LogP contribution < -0.4 is 5.73 Å². The van der Waals surface area contributed by atoms with Gasteiger partial charge in [-0.15, -0.1) is 0 Å². The Morgan fingerprint density at radius 3 is 3.00 bits per heavy atom. The van der Waals surface area contributed by atoms with Crippen LogP contribution in [-0.4, -0.2) is 12.2 Å². The summed E-state index contributed by atoms with van der Waals surface area (Å²) in [4.78, 5) is 0. The lowest BCUT2D eigenvalue weighted by molar-refractivity contribution is 0.151. The van der Waals surface area contributed by atoms with Crippen LogP contribution in [0.4, 0.5) is 4.39 Å². The number of aryl methyl sites for hydroxylation is 1. The Morgan fingerprint density at radius 2 is 2.29 bits per heavy atom. The quantitative estimate of drug-likeness (QED) is 0.726. The van der Waals surface area contributed by atoms with Gasteiger partial charge >= 0.3 is 0 Å². The van der Waals surface area contributed by atoms with E-state index < -0.39 is 5.67 Å². The predicted octanol–water partition coefficient (Wildman–Crippen LogP) is 2.15. The van der Waals surface area contributed by atoms with Gasteiger partial charge < -0.3 is 5.73 Å². The Hall–Kier alpha value is -0.890. The maximum absolute atomic E-state index is 14.0. The largest absolute Gasteiger partial charge is 0.328 e. The lowest BCUT2D eigenvalue weighted by atomic mass is 9.80. The Morgan fingerprint density at radius 1 is 1.50 bits per heavy atom. The number of benzene rings is 1. The monoisotopic (exact) mass is 193 g/mol. The zero-order valence-electron chi connectivity index (χ0n) is 8.52. The summed E-state index contributed by atoms with van der Waals surface area (Å²) in [5.41, 5.74) is 8.04. The van der Waals surface area contributed by atoms with Gasteiger partial charge in [-0.2, -0.15) is 0 Å². The van der Waals surface area contributed by atoms with Gasteiger partial charge in [-0.1, -0.05) is 18.2 Å². The first-order valence-corrected chi connectivity index (χ1v) is 5.11. The Kier molecular flexibility index (Phi) is 2.31. The molecule has 2 rings (SSSR count). The maximum atomic E-state index is 14.0. The fourth-order valence-corrected chi connectivity index (χ4v) is 2.24. The van der Waals surface area contributed by atoms with Crippen LogP contribution in [0.2, 0.25) is 0 Å². The van der Waals surface area contributed by atoms with Crippen molar-refractivity contribution in [3.05, 3.63) is 34.9 Å². The first-order valence-electron chi connectivity index (χ1n) is 5.11. The second-order valence-corrected chi connectivity index (χ2v) is 4.24. The number of hydrogen-bond donors (Lipinski definition) is 1. The molecule has 1 aromatic rings. The van der Waals surface area contributed by atoms with Crippen LogP contribution in [0.5, 0.6) is 0 Å². The van der Waals surface area contributed by atoms with Crippen LogP contribution >= 0.6 is 0 Å². The molecular weight excluding hydrogens is 177 g/mol. The number of halogens is 1. The van der Waals surface area contributed by atoms with Crippen LogP contribution in [0.15, 0.2) is 18.2 Å². The van der Waals surface area contributed by atoms with E-state index in [1.54, 1.807) is 0 Å². The van der Waals surface area contributed by atoms with Crippen molar-refractivity contribution in [2.75, 3.05) is 6.54 Å². The van der Waals surface area contributed by atoms with E-state index in [-0.39, 0.29) is 6.54 Å². The Bertz CT molecular complexity index is 348. The second kappa shape index (κ2) is 3.35. The van der Waals surface area contributed by atoms with Crippen LogP contribution in [0.25, 0.3) is 0 Å². The van der Waals surface area contributed by atoms with Gasteiger partial charge in [0.15, 0.2) is 0 Å². The van der Waals surface area contributed by atoms with Gasteiger partial charge in [0, 0.05) is 13.0 Å². The summed E-state index contributed by atoms with van der Waals surface area (Å²) >= 11 is 0. The molecule has 0 radical (unpaired) electrons. The molecule has 0 amide bonds. The van der Waals surface area contributed by atoms with Crippen molar-refractivity contribution in [2.24, 2.45) is 5.73 Å². The lowest BCUT2D eigenvalue weighted by Crippen LogP contribution is -2.38. The molecule has 14 heavy (non-hydrogen) atoms. The van der Waals surface area contributed by atoms with E-state index in [1.807, 2.05) is 12.1 Å². The molecule has 0 aromatic heterocycles. The van der Waals surface area contributed by atoms with Crippen molar-refractivity contribution in [3.63, 3.8) is 0 Å². The molecule has 0 saturated carbocycles. The lowest BCUT2D eigenvalue weighted by Gasteiger charge is -2.30. The minimum atomic E-state index is -1.17. The smallest absolute Gasteiger partial charge is 0.127 e. The van der Waals surface area contributed by atoms with Gasteiger partial charge in [0.2, 0.25) is 0 Å². The number of alkyl halides is 1. The van der Waals surface area contributed by atoms with E-state index >= 15 is 0 Å². The van der Waals surface area contributed by atoms with Crippen molar-refractivity contribution in [1.29, 1.82) is 0 Å². The van der Waals surface area contributed by atoms with E-state index in [0.717, 1.165) is 12.0 Å². The van der Waals surface area contributed by atoms with E-state index in [2.05, 4.69) is 13.0 Å². The van der Waals surface area contributed by atoms with Gasteiger partial charge in [-0.25, -0.2) is 4.39 Å². The minimum absolute atomic E-state index is 0.139. The molecule has 0 bridgehead atoms. The van der Waals surface area contributed by atoms with E-state index in [9.17, 15) is 4.39 Å². The van der Waals surface area contributed by atoms with Crippen molar-refractivity contribution >= 4 is 0 Å². The first kappa shape index (κ1) is 9.66. The van der Waals surface area contributed by atoms with Crippen molar-refractivity contribution in [3.8, 4) is 0 Å². The summed E-state index contributed by atoms with van der Waals surface area (Å²) in [6, 6.07) is 6.11. The molecule has 0 saturated heterocycles. The molecule has 76 valence electrons. The van der Waals surface area contributed by atoms with Gasteiger partial charge in [-0.05, 0) is 36.5 Å². The standard InChI is InChI=1S/C12H16FN/c1-9-3-2-4-10-7-12(13,8-14)6-5-11(9)10/h2-4H,5-8,14H2,1H3. The molecule has 0 spiro atoms. The summed E-state index contributed by atoms with van der Waals surface area (Å²) in [6.45, 7) is 2.23. The molecule has 0 aliphatic heterocycles. The third kappa shape index (κ3) is 1.55. The SMILES string of the molecule is Cc1cccc2c1CCC(F)(CN)C2.